The van der Waals surface area contributed by atoms with Crippen molar-refractivity contribution in [2.75, 3.05) is 13.2 Å². The molecule has 0 aliphatic carbocycles. The Morgan fingerprint density at radius 1 is 0.828 bits per heavy atom. The molecule has 2 aromatic rings. The summed E-state index contributed by atoms with van der Waals surface area (Å²) in [5.74, 6) is 0.547. The van der Waals surface area contributed by atoms with E-state index in [1.165, 1.54) is 25.3 Å². The molecule has 4 nitrogen and oxygen atoms in total. The van der Waals surface area contributed by atoms with E-state index >= 15 is 0 Å². The van der Waals surface area contributed by atoms with Crippen LogP contribution in [-0.2, 0) is 9.53 Å². The van der Waals surface area contributed by atoms with E-state index in [0.29, 0.717) is 12.2 Å². The first-order chi connectivity index (χ1) is 14.2. The molecule has 0 aliphatic rings. The highest BCUT2D eigenvalue weighted by Crippen LogP contribution is 2.23. The standard InChI is InChI=1S/C25H29NO3/c1-2-25(27)29-19-9-7-5-3-4-6-8-18-28-24-16-14-23(15-17-24)22-12-10-21(20-26)11-13-22/h2,10-17H,1,3-9,18-19H2. The number of carbonyl (C=O) groups is 1. The van der Waals surface area contributed by atoms with E-state index < -0.39 is 0 Å². The van der Waals surface area contributed by atoms with Gasteiger partial charge >= 0.3 is 5.97 Å². The Labute approximate surface area is 173 Å². The average molecular weight is 392 g/mol. The summed E-state index contributed by atoms with van der Waals surface area (Å²) in [4.78, 5) is 10.9. The van der Waals surface area contributed by atoms with Crippen LogP contribution in [0.5, 0.6) is 5.75 Å². The maximum atomic E-state index is 10.9. The molecular weight excluding hydrogens is 362 g/mol. The molecule has 0 heterocycles. The number of nitrogens with zero attached hydrogens (tertiary/aromatic N) is 1. The lowest BCUT2D eigenvalue weighted by Crippen LogP contribution is -2.01. The van der Waals surface area contributed by atoms with Gasteiger partial charge in [-0.3, -0.25) is 0 Å². The third-order valence-electron chi connectivity index (χ3n) is 4.67. The van der Waals surface area contributed by atoms with Crippen molar-refractivity contribution in [3.05, 3.63) is 66.7 Å². The van der Waals surface area contributed by atoms with Gasteiger partial charge in [-0.05, 0) is 48.2 Å². The van der Waals surface area contributed by atoms with Crippen LogP contribution < -0.4 is 4.74 Å². The molecule has 29 heavy (non-hydrogen) atoms. The Hall–Kier alpha value is -3.06. The molecule has 152 valence electrons. The fraction of sp³-hybridized carbons (Fsp3) is 0.360. The second kappa shape index (κ2) is 13.2. The number of hydrogen-bond donors (Lipinski definition) is 0. The Morgan fingerprint density at radius 3 is 1.90 bits per heavy atom. The van der Waals surface area contributed by atoms with Gasteiger partial charge in [-0.1, -0.05) is 62.9 Å². The van der Waals surface area contributed by atoms with Crippen molar-refractivity contribution in [3.63, 3.8) is 0 Å². The van der Waals surface area contributed by atoms with Crippen molar-refractivity contribution in [1.29, 1.82) is 5.26 Å². The molecule has 0 radical (unpaired) electrons. The van der Waals surface area contributed by atoms with Crippen LogP contribution in [0.2, 0.25) is 0 Å². The van der Waals surface area contributed by atoms with E-state index in [4.69, 9.17) is 14.7 Å². The minimum atomic E-state index is -0.339. The molecule has 4 heteroatoms. The molecule has 0 spiro atoms. The zero-order valence-corrected chi connectivity index (χ0v) is 16.9. The van der Waals surface area contributed by atoms with Gasteiger partial charge in [-0.2, -0.15) is 5.26 Å². The molecule has 0 N–H and O–H groups in total. The van der Waals surface area contributed by atoms with E-state index in [-0.39, 0.29) is 5.97 Å². The highest BCUT2D eigenvalue weighted by atomic mass is 16.5. The largest absolute Gasteiger partial charge is 0.494 e. The van der Waals surface area contributed by atoms with Crippen molar-refractivity contribution in [2.24, 2.45) is 0 Å². The fourth-order valence-corrected chi connectivity index (χ4v) is 2.99. The van der Waals surface area contributed by atoms with Gasteiger partial charge in [0.05, 0.1) is 24.8 Å². The van der Waals surface area contributed by atoms with Crippen LogP contribution in [0.15, 0.2) is 61.2 Å². The van der Waals surface area contributed by atoms with Crippen molar-refractivity contribution in [3.8, 4) is 22.9 Å². The van der Waals surface area contributed by atoms with E-state index in [9.17, 15) is 4.79 Å². The Morgan fingerprint density at radius 2 is 1.34 bits per heavy atom. The number of ether oxygens (including phenoxy) is 2. The Kier molecular flexibility index (Phi) is 10.1. The van der Waals surface area contributed by atoms with Crippen molar-refractivity contribution in [2.45, 2.75) is 44.9 Å². The van der Waals surface area contributed by atoms with Crippen LogP contribution in [0.1, 0.15) is 50.5 Å². The van der Waals surface area contributed by atoms with Crippen LogP contribution in [0.25, 0.3) is 11.1 Å². The predicted molar refractivity (Wildman–Crippen MR) is 116 cm³/mol. The summed E-state index contributed by atoms with van der Waals surface area (Å²) in [6, 6.07) is 17.8. The van der Waals surface area contributed by atoms with Crippen LogP contribution >= 0.6 is 0 Å². The van der Waals surface area contributed by atoms with E-state index in [0.717, 1.165) is 49.2 Å². The number of hydrogen-bond acceptors (Lipinski definition) is 4. The highest BCUT2D eigenvalue weighted by molar-refractivity contribution is 5.81. The van der Waals surface area contributed by atoms with Gasteiger partial charge in [0.1, 0.15) is 5.75 Å². The average Bonchev–Trinajstić information content (AvgIpc) is 2.77. The molecule has 0 aromatic heterocycles. The van der Waals surface area contributed by atoms with Gasteiger partial charge in [0, 0.05) is 6.08 Å². The maximum Gasteiger partial charge on any atom is 0.330 e. The van der Waals surface area contributed by atoms with Gasteiger partial charge in [0.15, 0.2) is 0 Å². The molecule has 0 fully saturated rings. The van der Waals surface area contributed by atoms with Gasteiger partial charge in [0.2, 0.25) is 0 Å². The minimum Gasteiger partial charge on any atom is -0.494 e. The summed E-state index contributed by atoms with van der Waals surface area (Å²) >= 11 is 0. The van der Waals surface area contributed by atoms with Crippen LogP contribution in [-0.4, -0.2) is 19.2 Å². The third-order valence-corrected chi connectivity index (χ3v) is 4.67. The van der Waals surface area contributed by atoms with Gasteiger partial charge in [-0.25, -0.2) is 4.79 Å². The molecule has 0 amide bonds. The number of unbranched alkanes of at least 4 members (excludes halogenated alkanes) is 6. The molecule has 2 rings (SSSR count). The summed E-state index contributed by atoms with van der Waals surface area (Å²) < 4.78 is 10.8. The quantitative estimate of drug-likeness (QED) is 0.236. The molecule has 0 saturated carbocycles. The number of esters is 1. The first-order valence-electron chi connectivity index (χ1n) is 10.3. The second-order valence-electron chi connectivity index (χ2n) is 6.91. The summed E-state index contributed by atoms with van der Waals surface area (Å²) in [7, 11) is 0. The first-order valence-corrected chi connectivity index (χ1v) is 10.3. The normalized spacial score (nSPS) is 10.2. The Balaban J connectivity index is 1.53. The number of benzene rings is 2. The molecule has 0 bridgehead atoms. The molecule has 0 unspecified atom stereocenters. The van der Waals surface area contributed by atoms with Gasteiger partial charge in [-0.15, -0.1) is 0 Å². The lowest BCUT2D eigenvalue weighted by molar-refractivity contribution is -0.137. The van der Waals surface area contributed by atoms with Gasteiger partial charge in [0.25, 0.3) is 0 Å². The van der Waals surface area contributed by atoms with Crippen molar-refractivity contribution in [1.82, 2.24) is 0 Å². The predicted octanol–water partition coefficient (Wildman–Crippen LogP) is 6.06. The second-order valence-corrected chi connectivity index (χ2v) is 6.91. The summed E-state index contributed by atoms with van der Waals surface area (Å²) in [6.45, 7) is 4.59. The highest BCUT2D eigenvalue weighted by Gasteiger charge is 2.00. The van der Waals surface area contributed by atoms with E-state index in [1.54, 1.807) is 0 Å². The van der Waals surface area contributed by atoms with Gasteiger partial charge < -0.3 is 9.47 Å². The zero-order chi connectivity index (χ0) is 20.7. The van der Waals surface area contributed by atoms with Crippen molar-refractivity contribution >= 4 is 5.97 Å². The van der Waals surface area contributed by atoms with Crippen LogP contribution in [0.4, 0.5) is 0 Å². The third kappa shape index (κ3) is 8.66. The zero-order valence-electron chi connectivity index (χ0n) is 16.9. The summed E-state index contributed by atoms with van der Waals surface area (Å²) in [5.41, 5.74) is 2.87. The van der Waals surface area contributed by atoms with E-state index in [1.807, 2.05) is 48.5 Å². The lowest BCUT2D eigenvalue weighted by atomic mass is 10.0. The number of rotatable bonds is 13. The summed E-state index contributed by atoms with van der Waals surface area (Å²) in [5, 5.41) is 8.87. The smallest absolute Gasteiger partial charge is 0.330 e. The minimum absolute atomic E-state index is 0.339. The maximum absolute atomic E-state index is 10.9. The number of nitriles is 1. The molecule has 2 aromatic carbocycles. The molecule has 0 saturated heterocycles. The fourth-order valence-electron chi connectivity index (χ4n) is 2.99. The van der Waals surface area contributed by atoms with Crippen LogP contribution in [0, 0.1) is 11.3 Å². The van der Waals surface area contributed by atoms with Crippen LogP contribution in [0.3, 0.4) is 0 Å². The molecule has 0 aliphatic heterocycles. The molecular formula is C25H29NO3. The number of carbonyl (C=O) groups excluding carboxylic acids is 1. The SMILES string of the molecule is C=CC(=O)OCCCCCCCCCOc1ccc(-c2ccc(C#N)cc2)cc1. The monoisotopic (exact) mass is 391 g/mol. The summed E-state index contributed by atoms with van der Waals surface area (Å²) in [6.07, 6.45) is 8.99. The van der Waals surface area contributed by atoms with E-state index in [2.05, 4.69) is 12.6 Å². The first kappa shape index (κ1) is 22.2. The topological polar surface area (TPSA) is 59.3 Å². The Bertz CT molecular complexity index is 788. The van der Waals surface area contributed by atoms with Crippen molar-refractivity contribution < 1.29 is 14.3 Å². The lowest BCUT2D eigenvalue weighted by Gasteiger charge is -2.08. The molecule has 0 atom stereocenters.